The highest BCUT2D eigenvalue weighted by Gasteiger charge is 2.19. The van der Waals surface area contributed by atoms with Crippen LogP contribution in [0, 0.1) is 0 Å². The number of aliphatic imine (C=N–C) groups is 1. The minimum absolute atomic E-state index is 0.0180. The van der Waals surface area contributed by atoms with Crippen molar-refractivity contribution < 1.29 is 17.3 Å². The number of rotatable bonds is 7. The average Bonchev–Trinajstić information content (AvgIpc) is 2.79. The maximum absolute atomic E-state index is 12.9. The molecule has 0 spiro atoms. The molecule has 4 rings (SSSR count). The van der Waals surface area contributed by atoms with E-state index in [1.54, 1.807) is 12.3 Å². The Kier molecular flexibility index (Phi) is 6.44. The standard InChI is InChI=1S/C25H20ClNO4S/c1-2-30-21-12-10-20(11-13-21)27-17-24-23-6-4-3-5-18(23)7-16-25(24)31-32(28,29)22-14-8-19(26)9-15-22/h3-17H,2H2,1H3. The Balaban J connectivity index is 1.73. The first-order chi connectivity index (χ1) is 15.5. The average molecular weight is 466 g/mol. The van der Waals surface area contributed by atoms with Crippen molar-refractivity contribution in [3.05, 3.63) is 95.5 Å². The van der Waals surface area contributed by atoms with E-state index in [4.69, 9.17) is 20.5 Å². The van der Waals surface area contributed by atoms with E-state index in [2.05, 4.69) is 4.99 Å². The maximum Gasteiger partial charge on any atom is 0.339 e. The zero-order valence-corrected chi connectivity index (χ0v) is 18.8. The summed E-state index contributed by atoms with van der Waals surface area (Å²) in [6.45, 7) is 2.51. The predicted molar refractivity (Wildman–Crippen MR) is 128 cm³/mol. The fraction of sp³-hybridized carbons (Fsp3) is 0.0800. The molecule has 0 heterocycles. The van der Waals surface area contributed by atoms with E-state index in [0.29, 0.717) is 22.9 Å². The van der Waals surface area contributed by atoms with Gasteiger partial charge in [0.15, 0.2) is 5.75 Å². The van der Waals surface area contributed by atoms with Crippen LogP contribution in [0.5, 0.6) is 11.5 Å². The highest BCUT2D eigenvalue weighted by atomic mass is 35.5. The highest BCUT2D eigenvalue weighted by Crippen LogP contribution is 2.30. The van der Waals surface area contributed by atoms with Crippen molar-refractivity contribution in [2.45, 2.75) is 11.8 Å². The third kappa shape index (κ3) is 4.93. The summed E-state index contributed by atoms with van der Waals surface area (Å²) < 4.78 is 36.7. The summed E-state index contributed by atoms with van der Waals surface area (Å²) >= 11 is 5.88. The van der Waals surface area contributed by atoms with Crippen molar-refractivity contribution in [3.8, 4) is 11.5 Å². The fourth-order valence-electron chi connectivity index (χ4n) is 3.18. The van der Waals surface area contributed by atoms with Crippen molar-refractivity contribution >= 4 is 44.4 Å². The molecule has 0 aliphatic heterocycles. The van der Waals surface area contributed by atoms with Gasteiger partial charge in [-0.1, -0.05) is 41.9 Å². The fourth-order valence-corrected chi connectivity index (χ4v) is 4.26. The molecule has 0 aliphatic rings. The van der Waals surface area contributed by atoms with Crippen LogP contribution in [0.4, 0.5) is 5.69 Å². The Morgan fingerprint density at radius 3 is 2.34 bits per heavy atom. The predicted octanol–water partition coefficient (Wildman–Crippen LogP) is 6.41. The van der Waals surface area contributed by atoms with Crippen molar-refractivity contribution in [2.75, 3.05) is 6.61 Å². The van der Waals surface area contributed by atoms with Crippen LogP contribution in [0.25, 0.3) is 10.8 Å². The van der Waals surface area contributed by atoms with Gasteiger partial charge in [0.25, 0.3) is 0 Å². The van der Waals surface area contributed by atoms with Gasteiger partial charge in [0, 0.05) is 16.8 Å². The molecule has 0 N–H and O–H groups in total. The summed E-state index contributed by atoms with van der Waals surface area (Å²) in [5.74, 6) is 0.947. The summed E-state index contributed by atoms with van der Waals surface area (Å²) in [4.78, 5) is 4.55. The van der Waals surface area contributed by atoms with E-state index >= 15 is 0 Å². The van der Waals surface area contributed by atoms with Gasteiger partial charge < -0.3 is 8.92 Å². The number of nitrogens with zero attached hydrogens (tertiary/aromatic N) is 1. The van der Waals surface area contributed by atoms with Gasteiger partial charge in [-0.25, -0.2) is 0 Å². The largest absolute Gasteiger partial charge is 0.494 e. The molecule has 0 unspecified atom stereocenters. The lowest BCUT2D eigenvalue weighted by Gasteiger charge is -2.12. The number of ether oxygens (including phenoxy) is 1. The summed E-state index contributed by atoms with van der Waals surface area (Å²) in [6.07, 6.45) is 1.62. The van der Waals surface area contributed by atoms with Gasteiger partial charge in [-0.05, 0) is 72.3 Å². The molecule has 0 radical (unpaired) electrons. The summed E-state index contributed by atoms with van der Waals surface area (Å²) in [6, 6.07) is 24.3. The lowest BCUT2D eigenvalue weighted by atomic mass is 10.0. The lowest BCUT2D eigenvalue weighted by Crippen LogP contribution is -2.11. The summed E-state index contributed by atoms with van der Waals surface area (Å²) in [5, 5.41) is 2.21. The first-order valence-corrected chi connectivity index (χ1v) is 11.7. The van der Waals surface area contributed by atoms with Crippen LogP contribution in [-0.2, 0) is 10.1 Å². The molecular formula is C25H20ClNO4S. The van der Waals surface area contributed by atoms with Gasteiger partial charge in [-0.15, -0.1) is 0 Å². The third-order valence-corrected chi connectivity index (χ3v) is 6.22. The van der Waals surface area contributed by atoms with Crippen LogP contribution < -0.4 is 8.92 Å². The molecule has 7 heteroatoms. The zero-order chi connectivity index (χ0) is 22.6. The van der Waals surface area contributed by atoms with Crippen molar-refractivity contribution in [3.63, 3.8) is 0 Å². The second-order valence-corrected chi connectivity index (χ2v) is 8.86. The Morgan fingerprint density at radius 2 is 1.62 bits per heavy atom. The Bertz CT molecular complexity index is 1370. The van der Waals surface area contributed by atoms with Crippen molar-refractivity contribution in [1.29, 1.82) is 0 Å². The highest BCUT2D eigenvalue weighted by molar-refractivity contribution is 7.87. The van der Waals surface area contributed by atoms with Crippen molar-refractivity contribution in [2.24, 2.45) is 4.99 Å². The summed E-state index contributed by atoms with van der Waals surface area (Å²) in [5.41, 5.74) is 1.27. The number of halogens is 1. The van der Waals surface area contributed by atoms with Gasteiger partial charge in [0.05, 0.1) is 12.3 Å². The van der Waals surface area contributed by atoms with Crippen LogP contribution in [0.15, 0.2) is 94.8 Å². The minimum atomic E-state index is -4.05. The molecule has 0 atom stereocenters. The van der Waals surface area contributed by atoms with Crippen LogP contribution in [0.1, 0.15) is 12.5 Å². The molecular weight excluding hydrogens is 446 g/mol. The van der Waals surface area contributed by atoms with Gasteiger partial charge in [-0.3, -0.25) is 4.99 Å². The molecule has 0 fully saturated rings. The first-order valence-electron chi connectivity index (χ1n) is 9.95. The molecule has 0 saturated heterocycles. The molecule has 162 valence electrons. The van der Waals surface area contributed by atoms with Crippen molar-refractivity contribution in [1.82, 2.24) is 0 Å². The molecule has 0 aromatic heterocycles. The van der Waals surface area contributed by atoms with Crippen LogP contribution in [0.3, 0.4) is 0 Å². The third-order valence-electron chi connectivity index (χ3n) is 4.72. The molecule has 0 aliphatic carbocycles. The van der Waals surface area contributed by atoms with E-state index in [9.17, 15) is 8.42 Å². The smallest absolute Gasteiger partial charge is 0.339 e. The van der Waals surface area contributed by atoms with E-state index < -0.39 is 10.1 Å². The molecule has 0 bridgehead atoms. The number of hydrogen-bond donors (Lipinski definition) is 0. The van der Waals surface area contributed by atoms with Gasteiger partial charge >= 0.3 is 10.1 Å². The number of hydrogen-bond acceptors (Lipinski definition) is 5. The van der Waals surface area contributed by atoms with Gasteiger partial charge in [0.1, 0.15) is 10.6 Å². The first kappa shape index (κ1) is 21.9. The lowest BCUT2D eigenvalue weighted by molar-refractivity contribution is 0.340. The molecule has 32 heavy (non-hydrogen) atoms. The normalized spacial score (nSPS) is 11.7. The Hall–Kier alpha value is -3.35. The Morgan fingerprint density at radius 1 is 0.906 bits per heavy atom. The molecule has 4 aromatic carbocycles. The van der Waals surface area contributed by atoms with Crippen LogP contribution in [-0.4, -0.2) is 21.2 Å². The monoisotopic (exact) mass is 465 g/mol. The van der Waals surface area contributed by atoms with Crippen LogP contribution >= 0.6 is 11.6 Å². The molecule has 4 aromatic rings. The van der Waals surface area contributed by atoms with Crippen LogP contribution in [0.2, 0.25) is 5.02 Å². The zero-order valence-electron chi connectivity index (χ0n) is 17.2. The molecule has 5 nitrogen and oxygen atoms in total. The second kappa shape index (κ2) is 9.42. The number of fused-ring (bicyclic) bond motifs is 1. The quantitative estimate of drug-likeness (QED) is 0.233. The topological polar surface area (TPSA) is 65.0 Å². The van der Waals surface area contributed by atoms with E-state index in [-0.39, 0.29) is 10.6 Å². The van der Waals surface area contributed by atoms with E-state index in [1.165, 1.54) is 24.3 Å². The van der Waals surface area contributed by atoms with E-state index in [1.807, 2.05) is 61.5 Å². The van der Waals surface area contributed by atoms with Gasteiger partial charge in [0.2, 0.25) is 0 Å². The molecule has 0 amide bonds. The SMILES string of the molecule is CCOc1ccc(N=Cc2c(OS(=O)(=O)c3ccc(Cl)cc3)ccc3ccccc23)cc1. The number of benzene rings is 4. The minimum Gasteiger partial charge on any atom is -0.494 e. The van der Waals surface area contributed by atoms with E-state index in [0.717, 1.165) is 16.5 Å². The summed E-state index contributed by atoms with van der Waals surface area (Å²) in [7, 11) is -4.05. The van der Waals surface area contributed by atoms with Gasteiger partial charge in [-0.2, -0.15) is 8.42 Å². The second-order valence-electron chi connectivity index (χ2n) is 6.88. The molecule has 0 saturated carbocycles. The Labute approximate surface area is 192 Å². The maximum atomic E-state index is 12.9.